The van der Waals surface area contributed by atoms with E-state index in [1.54, 1.807) is 0 Å². The molecule has 1 fully saturated rings. The average Bonchev–Trinajstić information content (AvgIpc) is 2.84. The fraction of sp³-hybridized carbons (Fsp3) is 0.379. The summed E-state index contributed by atoms with van der Waals surface area (Å²) in [6.07, 6.45) is -0.958. The molecule has 1 aliphatic rings. The Kier molecular flexibility index (Phi) is 8.53. The zero-order valence-corrected chi connectivity index (χ0v) is 20.7. The third-order valence-electron chi connectivity index (χ3n) is 6.82. The first-order chi connectivity index (χ1) is 18.0. The Hall–Kier alpha value is -3.23. The molecule has 204 valence electrons. The van der Waals surface area contributed by atoms with Gasteiger partial charge in [-0.25, -0.2) is 17.6 Å². The van der Waals surface area contributed by atoms with Crippen LogP contribution in [0.4, 0.5) is 30.7 Å². The predicted octanol–water partition coefficient (Wildman–Crippen LogP) is 9.11. The summed E-state index contributed by atoms with van der Waals surface area (Å²) in [6, 6.07) is 9.40. The van der Waals surface area contributed by atoms with Gasteiger partial charge < -0.3 is 9.47 Å². The van der Waals surface area contributed by atoms with E-state index in [0.717, 1.165) is 30.7 Å². The second-order valence-corrected chi connectivity index (χ2v) is 9.60. The van der Waals surface area contributed by atoms with E-state index in [9.17, 15) is 30.7 Å². The molecule has 0 N–H and O–H groups in total. The lowest BCUT2D eigenvalue weighted by Gasteiger charge is -2.29. The van der Waals surface area contributed by atoms with Crippen molar-refractivity contribution in [1.29, 1.82) is 0 Å². The number of hydrogen-bond donors (Lipinski definition) is 0. The quantitative estimate of drug-likeness (QED) is 0.265. The summed E-state index contributed by atoms with van der Waals surface area (Å²) in [5, 5.41) is 0. The van der Waals surface area contributed by atoms with Gasteiger partial charge in [0.15, 0.2) is 17.4 Å². The highest BCUT2D eigenvalue weighted by Crippen LogP contribution is 2.39. The van der Waals surface area contributed by atoms with Crippen LogP contribution < -0.4 is 9.47 Å². The number of aryl methyl sites for hydroxylation is 1. The molecule has 3 aromatic rings. The molecular weight excluding hydrogens is 513 g/mol. The summed E-state index contributed by atoms with van der Waals surface area (Å²) < 4.78 is 105. The number of halogens is 7. The van der Waals surface area contributed by atoms with Gasteiger partial charge in [-0.2, -0.15) is 0 Å². The maximum Gasteiger partial charge on any atom is 0.573 e. The average molecular weight is 541 g/mol. The first-order valence-electron chi connectivity index (χ1n) is 12.5. The van der Waals surface area contributed by atoms with Gasteiger partial charge in [0, 0.05) is 0 Å². The summed E-state index contributed by atoms with van der Waals surface area (Å²) >= 11 is 0. The summed E-state index contributed by atoms with van der Waals surface area (Å²) in [4.78, 5) is 0. The molecule has 0 aromatic heterocycles. The van der Waals surface area contributed by atoms with Crippen LogP contribution in [0.25, 0.3) is 11.1 Å². The molecule has 9 heteroatoms. The normalized spacial score (nSPS) is 17.9. The maximum absolute atomic E-state index is 14.9. The molecule has 0 saturated heterocycles. The highest BCUT2D eigenvalue weighted by molar-refractivity contribution is 5.66. The van der Waals surface area contributed by atoms with Crippen LogP contribution >= 0.6 is 0 Å². The lowest BCUT2D eigenvalue weighted by atomic mass is 9.78. The minimum absolute atomic E-state index is 0.0479. The Morgan fingerprint density at radius 3 is 1.89 bits per heavy atom. The highest BCUT2D eigenvalue weighted by Gasteiger charge is 2.31. The summed E-state index contributed by atoms with van der Waals surface area (Å²) in [5.41, 5.74) is 0.824. The lowest BCUT2D eigenvalue weighted by molar-refractivity contribution is -0.274. The number of rotatable bonds is 8. The number of benzene rings is 3. The SMILES string of the molecule is CCCc1cc(F)c(OCC2CCC(c3cc(F)c(-c4ccc(OC(F)(F)F)cc4)c(F)c3)CC2)c(F)c1. The Morgan fingerprint density at radius 2 is 1.37 bits per heavy atom. The highest BCUT2D eigenvalue weighted by atomic mass is 19.4. The fourth-order valence-electron chi connectivity index (χ4n) is 4.97. The van der Waals surface area contributed by atoms with E-state index in [2.05, 4.69) is 4.74 Å². The minimum Gasteiger partial charge on any atom is -0.487 e. The van der Waals surface area contributed by atoms with E-state index in [0.29, 0.717) is 43.2 Å². The molecule has 0 heterocycles. The van der Waals surface area contributed by atoms with E-state index in [1.165, 1.54) is 24.3 Å². The second kappa shape index (κ2) is 11.7. The van der Waals surface area contributed by atoms with Crippen molar-refractivity contribution in [3.05, 3.63) is 82.9 Å². The minimum atomic E-state index is -4.86. The smallest absolute Gasteiger partial charge is 0.487 e. The van der Waals surface area contributed by atoms with Gasteiger partial charge in [-0.05, 0) is 97.0 Å². The van der Waals surface area contributed by atoms with Crippen LogP contribution in [-0.2, 0) is 6.42 Å². The van der Waals surface area contributed by atoms with Gasteiger partial charge in [-0.3, -0.25) is 0 Å². The van der Waals surface area contributed by atoms with Gasteiger partial charge in [-0.15, -0.1) is 13.2 Å². The summed E-state index contributed by atoms with van der Waals surface area (Å²) in [7, 11) is 0. The zero-order valence-electron chi connectivity index (χ0n) is 20.7. The van der Waals surface area contributed by atoms with Crippen molar-refractivity contribution in [2.75, 3.05) is 6.61 Å². The van der Waals surface area contributed by atoms with Crippen LogP contribution in [-0.4, -0.2) is 13.0 Å². The largest absolute Gasteiger partial charge is 0.573 e. The second-order valence-electron chi connectivity index (χ2n) is 9.60. The first kappa shape index (κ1) is 27.8. The first-order valence-corrected chi connectivity index (χ1v) is 12.5. The molecule has 2 nitrogen and oxygen atoms in total. The number of hydrogen-bond acceptors (Lipinski definition) is 2. The molecule has 0 spiro atoms. The van der Waals surface area contributed by atoms with Crippen molar-refractivity contribution in [2.45, 2.75) is 57.7 Å². The van der Waals surface area contributed by atoms with E-state index in [1.807, 2.05) is 6.92 Å². The molecule has 4 rings (SSSR count). The lowest BCUT2D eigenvalue weighted by Crippen LogP contribution is -2.20. The van der Waals surface area contributed by atoms with Gasteiger partial charge in [0.05, 0.1) is 12.2 Å². The monoisotopic (exact) mass is 540 g/mol. The molecular formula is C29H27F7O2. The van der Waals surface area contributed by atoms with E-state index >= 15 is 0 Å². The fourth-order valence-corrected chi connectivity index (χ4v) is 4.97. The van der Waals surface area contributed by atoms with Crippen LogP contribution in [0.3, 0.4) is 0 Å². The Labute approximate surface area is 216 Å². The van der Waals surface area contributed by atoms with Gasteiger partial charge >= 0.3 is 6.36 Å². The van der Waals surface area contributed by atoms with Crippen molar-refractivity contribution in [3.63, 3.8) is 0 Å². The zero-order chi connectivity index (χ0) is 27.4. The standard InChI is InChI=1S/C29H27F7O2/c1-2-3-18-12-25(32)28(26(33)13-18)37-16-17-4-6-19(7-5-17)21-14-23(30)27(24(31)15-21)20-8-10-22(11-9-20)38-29(34,35)36/h8-15,17,19H,2-7,16H2,1H3. The van der Waals surface area contributed by atoms with Crippen molar-refractivity contribution < 1.29 is 40.2 Å². The van der Waals surface area contributed by atoms with Crippen molar-refractivity contribution in [1.82, 2.24) is 0 Å². The van der Waals surface area contributed by atoms with Crippen LogP contribution in [0.5, 0.6) is 11.5 Å². The third kappa shape index (κ3) is 6.79. The molecule has 0 atom stereocenters. The predicted molar refractivity (Wildman–Crippen MR) is 129 cm³/mol. The maximum atomic E-state index is 14.9. The van der Waals surface area contributed by atoms with Gasteiger partial charge in [0.1, 0.15) is 17.4 Å². The molecule has 0 amide bonds. The molecule has 38 heavy (non-hydrogen) atoms. The molecule has 0 bridgehead atoms. The molecule has 0 radical (unpaired) electrons. The number of alkyl halides is 3. The molecule has 3 aromatic carbocycles. The van der Waals surface area contributed by atoms with Crippen molar-refractivity contribution >= 4 is 0 Å². The Morgan fingerprint density at radius 1 is 0.789 bits per heavy atom. The van der Waals surface area contributed by atoms with Gasteiger partial charge in [0.2, 0.25) is 0 Å². The van der Waals surface area contributed by atoms with Crippen molar-refractivity contribution in [3.8, 4) is 22.6 Å². The van der Waals surface area contributed by atoms with E-state index in [-0.39, 0.29) is 35.3 Å². The van der Waals surface area contributed by atoms with Crippen molar-refractivity contribution in [2.24, 2.45) is 5.92 Å². The van der Waals surface area contributed by atoms with Crippen LogP contribution in [0.15, 0.2) is 48.5 Å². The third-order valence-corrected chi connectivity index (χ3v) is 6.82. The molecule has 0 aliphatic heterocycles. The number of ether oxygens (including phenoxy) is 2. The van der Waals surface area contributed by atoms with Gasteiger partial charge in [-0.1, -0.05) is 25.5 Å². The van der Waals surface area contributed by atoms with E-state index in [4.69, 9.17) is 4.74 Å². The van der Waals surface area contributed by atoms with Crippen LogP contribution in [0.2, 0.25) is 0 Å². The van der Waals surface area contributed by atoms with E-state index < -0.39 is 35.4 Å². The summed E-state index contributed by atoms with van der Waals surface area (Å²) in [5.74, 6) is -4.00. The topological polar surface area (TPSA) is 18.5 Å². The molecule has 1 aliphatic carbocycles. The molecule has 1 saturated carbocycles. The Bertz CT molecular complexity index is 1200. The Balaban J connectivity index is 1.37. The van der Waals surface area contributed by atoms with Crippen LogP contribution in [0, 0.1) is 29.2 Å². The summed E-state index contributed by atoms with van der Waals surface area (Å²) in [6.45, 7) is 2.07. The molecule has 0 unspecified atom stereocenters. The van der Waals surface area contributed by atoms with Gasteiger partial charge in [0.25, 0.3) is 0 Å². The van der Waals surface area contributed by atoms with Crippen LogP contribution in [0.1, 0.15) is 56.1 Å².